The summed E-state index contributed by atoms with van der Waals surface area (Å²) in [5.74, 6) is 0.0280. The number of amides is 1. The SMILES string of the molecule is CC1CCC(O)(C(N)=O)C(C)C1. The molecular formula is C9H17NO2. The number of hydrogen-bond acceptors (Lipinski definition) is 2. The molecule has 0 aromatic heterocycles. The van der Waals surface area contributed by atoms with Crippen LogP contribution in [0.4, 0.5) is 0 Å². The molecule has 1 fully saturated rings. The molecule has 70 valence electrons. The third-order valence-corrected chi connectivity index (χ3v) is 3.02. The molecular weight excluding hydrogens is 154 g/mol. The van der Waals surface area contributed by atoms with Gasteiger partial charge in [0.1, 0.15) is 5.60 Å². The predicted octanol–water partition coefficient (Wildman–Crippen LogP) is 0.659. The standard InChI is InChI=1S/C9H17NO2/c1-6-3-4-9(12,8(10)11)7(2)5-6/h6-7,12H,3-5H2,1-2H3,(H2,10,11). The van der Waals surface area contributed by atoms with Gasteiger partial charge in [0.25, 0.3) is 0 Å². The summed E-state index contributed by atoms with van der Waals surface area (Å²) >= 11 is 0. The van der Waals surface area contributed by atoms with Crippen LogP contribution in [0.1, 0.15) is 33.1 Å². The lowest BCUT2D eigenvalue weighted by molar-refractivity contribution is -0.146. The first-order valence-corrected chi connectivity index (χ1v) is 4.49. The average Bonchev–Trinajstić information content (AvgIpc) is 1.97. The largest absolute Gasteiger partial charge is 0.380 e. The average molecular weight is 171 g/mol. The molecule has 1 amide bonds. The molecule has 0 bridgehead atoms. The Morgan fingerprint density at radius 2 is 2.17 bits per heavy atom. The molecule has 12 heavy (non-hydrogen) atoms. The summed E-state index contributed by atoms with van der Waals surface area (Å²) in [6.07, 6.45) is 2.30. The van der Waals surface area contributed by atoms with Crippen molar-refractivity contribution in [3.05, 3.63) is 0 Å². The second kappa shape index (κ2) is 3.05. The molecule has 0 aromatic rings. The Morgan fingerprint density at radius 1 is 1.58 bits per heavy atom. The van der Waals surface area contributed by atoms with E-state index in [4.69, 9.17) is 5.73 Å². The number of hydrogen-bond donors (Lipinski definition) is 2. The fraction of sp³-hybridized carbons (Fsp3) is 0.889. The molecule has 1 rings (SSSR count). The van der Waals surface area contributed by atoms with E-state index >= 15 is 0 Å². The highest BCUT2D eigenvalue weighted by Gasteiger charge is 2.43. The number of carbonyl (C=O) groups excluding carboxylic acids is 1. The second-order valence-electron chi connectivity index (χ2n) is 4.07. The summed E-state index contributed by atoms with van der Waals surface area (Å²) in [6.45, 7) is 4.03. The van der Waals surface area contributed by atoms with Gasteiger partial charge in [0, 0.05) is 0 Å². The molecule has 3 N–H and O–H groups in total. The molecule has 3 unspecified atom stereocenters. The van der Waals surface area contributed by atoms with Crippen molar-refractivity contribution in [2.75, 3.05) is 0 Å². The van der Waals surface area contributed by atoms with Crippen LogP contribution in [0.15, 0.2) is 0 Å². The van der Waals surface area contributed by atoms with Crippen molar-refractivity contribution in [2.45, 2.75) is 38.7 Å². The van der Waals surface area contributed by atoms with Crippen molar-refractivity contribution in [2.24, 2.45) is 17.6 Å². The predicted molar refractivity (Wildman–Crippen MR) is 46.3 cm³/mol. The molecule has 3 atom stereocenters. The number of carbonyl (C=O) groups is 1. The lowest BCUT2D eigenvalue weighted by Crippen LogP contribution is -2.51. The van der Waals surface area contributed by atoms with E-state index in [0.29, 0.717) is 12.3 Å². The Hall–Kier alpha value is -0.570. The number of aliphatic hydroxyl groups is 1. The fourth-order valence-electron chi connectivity index (χ4n) is 2.00. The van der Waals surface area contributed by atoms with Gasteiger partial charge in [-0.15, -0.1) is 0 Å². The van der Waals surface area contributed by atoms with E-state index in [2.05, 4.69) is 6.92 Å². The van der Waals surface area contributed by atoms with Gasteiger partial charge in [0.15, 0.2) is 0 Å². The first kappa shape index (κ1) is 9.52. The van der Waals surface area contributed by atoms with Gasteiger partial charge in [-0.2, -0.15) is 0 Å². The zero-order valence-electron chi connectivity index (χ0n) is 7.71. The van der Waals surface area contributed by atoms with Crippen LogP contribution in [-0.2, 0) is 4.79 Å². The fourth-order valence-corrected chi connectivity index (χ4v) is 2.00. The molecule has 3 nitrogen and oxygen atoms in total. The van der Waals surface area contributed by atoms with Crippen molar-refractivity contribution in [1.29, 1.82) is 0 Å². The smallest absolute Gasteiger partial charge is 0.249 e. The van der Waals surface area contributed by atoms with Crippen LogP contribution < -0.4 is 5.73 Å². The highest BCUT2D eigenvalue weighted by molar-refractivity contribution is 5.83. The van der Waals surface area contributed by atoms with Crippen molar-refractivity contribution in [1.82, 2.24) is 0 Å². The Balaban J connectivity index is 2.72. The Bertz CT molecular complexity index is 193. The quantitative estimate of drug-likeness (QED) is 0.608. The summed E-state index contributed by atoms with van der Waals surface area (Å²) in [5.41, 5.74) is 3.90. The maximum atomic E-state index is 11.0. The maximum absolute atomic E-state index is 11.0. The van der Waals surface area contributed by atoms with Gasteiger partial charge in [-0.1, -0.05) is 13.8 Å². The first-order chi connectivity index (χ1) is 5.47. The number of rotatable bonds is 1. The summed E-state index contributed by atoms with van der Waals surface area (Å²) in [6, 6.07) is 0. The number of nitrogens with two attached hydrogens (primary N) is 1. The van der Waals surface area contributed by atoms with Gasteiger partial charge in [0.2, 0.25) is 5.91 Å². The normalized spacial score (nSPS) is 42.6. The van der Waals surface area contributed by atoms with Gasteiger partial charge < -0.3 is 10.8 Å². The monoisotopic (exact) mass is 171 g/mol. The Morgan fingerprint density at radius 3 is 2.58 bits per heavy atom. The van der Waals surface area contributed by atoms with E-state index in [-0.39, 0.29) is 5.92 Å². The van der Waals surface area contributed by atoms with Crippen molar-refractivity contribution in [3.8, 4) is 0 Å². The van der Waals surface area contributed by atoms with Gasteiger partial charge in [-0.3, -0.25) is 4.79 Å². The highest BCUT2D eigenvalue weighted by atomic mass is 16.3. The van der Waals surface area contributed by atoms with E-state index < -0.39 is 11.5 Å². The molecule has 0 saturated heterocycles. The van der Waals surface area contributed by atoms with Gasteiger partial charge in [0.05, 0.1) is 0 Å². The van der Waals surface area contributed by atoms with E-state index in [1.807, 2.05) is 6.92 Å². The third kappa shape index (κ3) is 1.46. The topological polar surface area (TPSA) is 63.3 Å². The zero-order valence-corrected chi connectivity index (χ0v) is 7.71. The molecule has 0 spiro atoms. The van der Waals surface area contributed by atoms with Gasteiger partial charge >= 0.3 is 0 Å². The van der Waals surface area contributed by atoms with Crippen LogP contribution in [0, 0.1) is 11.8 Å². The Labute approximate surface area is 72.9 Å². The van der Waals surface area contributed by atoms with Crippen molar-refractivity contribution < 1.29 is 9.90 Å². The summed E-state index contributed by atoms with van der Waals surface area (Å²) in [4.78, 5) is 11.0. The van der Waals surface area contributed by atoms with E-state index in [0.717, 1.165) is 12.8 Å². The molecule has 0 radical (unpaired) electrons. The minimum absolute atomic E-state index is 0.00116. The van der Waals surface area contributed by atoms with E-state index in [1.165, 1.54) is 0 Å². The number of primary amides is 1. The zero-order chi connectivity index (χ0) is 9.35. The van der Waals surface area contributed by atoms with Crippen LogP contribution in [-0.4, -0.2) is 16.6 Å². The molecule has 0 aromatic carbocycles. The molecule has 1 aliphatic rings. The van der Waals surface area contributed by atoms with E-state index in [9.17, 15) is 9.90 Å². The van der Waals surface area contributed by atoms with Crippen LogP contribution in [0.2, 0.25) is 0 Å². The summed E-state index contributed by atoms with van der Waals surface area (Å²) in [5, 5.41) is 9.86. The van der Waals surface area contributed by atoms with Crippen LogP contribution in [0.25, 0.3) is 0 Å². The molecule has 0 heterocycles. The lowest BCUT2D eigenvalue weighted by atomic mass is 9.72. The minimum atomic E-state index is -1.24. The van der Waals surface area contributed by atoms with Crippen molar-refractivity contribution in [3.63, 3.8) is 0 Å². The third-order valence-electron chi connectivity index (χ3n) is 3.02. The first-order valence-electron chi connectivity index (χ1n) is 4.49. The molecule has 1 saturated carbocycles. The summed E-state index contributed by atoms with van der Waals surface area (Å²) in [7, 11) is 0. The van der Waals surface area contributed by atoms with Crippen LogP contribution in [0.3, 0.4) is 0 Å². The Kier molecular flexibility index (Phi) is 2.42. The summed E-state index contributed by atoms with van der Waals surface area (Å²) < 4.78 is 0. The van der Waals surface area contributed by atoms with Gasteiger partial charge in [-0.05, 0) is 31.1 Å². The minimum Gasteiger partial charge on any atom is -0.380 e. The van der Waals surface area contributed by atoms with Gasteiger partial charge in [-0.25, -0.2) is 0 Å². The maximum Gasteiger partial charge on any atom is 0.249 e. The molecule has 3 heteroatoms. The lowest BCUT2D eigenvalue weighted by Gasteiger charge is -2.37. The van der Waals surface area contributed by atoms with Crippen LogP contribution >= 0.6 is 0 Å². The highest BCUT2D eigenvalue weighted by Crippen LogP contribution is 2.36. The van der Waals surface area contributed by atoms with E-state index in [1.54, 1.807) is 0 Å². The molecule has 0 aliphatic heterocycles. The second-order valence-corrected chi connectivity index (χ2v) is 4.07. The van der Waals surface area contributed by atoms with Crippen LogP contribution in [0.5, 0.6) is 0 Å². The van der Waals surface area contributed by atoms with Crippen molar-refractivity contribution >= 4 is 5.91 Å². The molecule has 1 aliphatic carbocycles.